The number of nitrogens with zero attached hydrogens (tertiary/aromatic N) is 2. The minimum atomic E-state index is -3.43. The number of benzene rings is 1. The first-order valence-electron chi connectivity index (χ1n) is 11.0. The Balaban J connectivity index is 2.43. The van der Waals surface area contributed by atoms with E-state index in [1.807, 2.05) is 20.8 Å². The van der Waals surface area contributed by atoms with Crippen LogP contribution < -0.4 is 15.4 Å². The van der Waals surface area contributed by atoms with Gasteiger partial charge in [0.1, 0.15) is 11.9 Å². The van der Waals surface area contributed by atoms with E-state index in [4.69, 9.17) is 4.74 Å². The molecule has 1 aromatic rings. The van der Waals surface area contributed by atoms with Crippen molar-refractivity contribution in [2.75, 3.05) is 38.3 Å². The van der Waals surface area contributed by atoms with Gasteiger partial charge in [0.15, 0.2) is 0 Å². The number of aliphatic hydroxyl groups is 1. The number of amides is 3. The number of ether oxygens (including phenoxy) is 1. The van der Waals surface area contributed by atoms with Gasteiger partial charge in [-0.05, 0) is 39.0 Å². The molecule has 0 aliphatic carbocycles. The van der Waals surface area contributed by atoms with Crippen LogP contribution in [0.4, 0.5) is 10.5 Å². The van der Waals surface area contributed by atoms with Crippen molar-refractivity contribution in [1.82, 2.24) is 14.5 Å². The van der Waals surface area contributed by atoms with Gasteiger partial charge in [0.2, 0.25) is 15.9 Å². The zero-order chi connectivity index (χ0) is 24.9. The second-order valence-corrected chi connectivity index (χ2v) is 11.1. The molecular formula is C22H36N4O6S. The molecule has 1 aliphatic heterocycles. The van der Waals surface area contributed by atoms with Crippen LogP contribution in [0, 0.1) is 5.92 Å². The van der Waals surface area contributed by atoms with E-state index in [-0.39, 0.29) is 43.5 Å². The molecule has 186 valence electrons. The highest BCUT2D eigenvalue weighted by Crippen LogP contribution is 2.29. The van der Waals surface area contributed by atoms with Gasteiger partial charge in [0, 0.05) is 36.8 Å². The Morgan fingerprint density at radius 1 is 1.33 bits per heavy atom. The maximum absolute atomic E-state index is 13.1. The van der Waals surface area contributed by atoms with E-state index >= 15 is 0 Å². The number of anilines is 1. The molecule has 1 aromatic carbocycles. The maximum Gasteiger partial charge on any atom is 0.319 e. The molecule has 0 radical (unpaired) electrons. The predicted octanol–water partition coefficient (Wildman–Crippen LogP) is 1.26. The van der Waals surface area contributed by atoms with E-state index in [0.29, 0.717) is 23.5 Å². The molecule has 1 heterocycles. The first-order chi connectivity index (χ1) is 15.3. The quantitative estimate of drug-likeness (QED) is 0.535. The molecule has 0 bridgehead atoms. The van der Waals surface area contributed by atoms with Crippen molar-refractivity contribution in [3.8, 4) is 5.75 Å². The lowest BCUT2D eigenvalue weighted by molar-refractivity contribution is -0.134. The molecular weight excluding hydrogens is 448 g/mol. The maximum atomic E-state index is 13.1. The highest BCUT2D eigenvalue weighted by Gasteiger charge is 2.32. The van der Waals surface area contributed by atoms with Crippen molar-refractivity contribution in [3.05, 3.63) is 23.8 Å². The first kappa shape index (κ1) is 26.9. The van der Waals surface area contributed by atoms with E-state index in [2.05, 4.69) is 10.6 Å². The summed E-state index contributed by atoms with van der Waals surface area (Å²) in [6.07, 6.45) is 0.609. The summed E-state index contributed by atoms with van der Waals surface area (Å²) in [5.41, 5.74) is 1.07. The molecule has 0 saturated carbocycles. The van der Waals surface area contributed by atoms with Gasteiger partial charge in [0.25, 0.3) is 0 Å². The molecule has 0 spiro atoms. The monoisotopic (exact) mass is 484 g/mol. The number of likely N-dealkylation sites (N-methyl/N-ethyl adjacent to an activating group) is 1. The summed E-state index contributed by atoms with van der Waals surface area (Å²) in [5, 5.41) is 15.2. The number of rotatable bonds is 7. The standard InChI is InChI=1S/C22H36N4O6S/c1-14(2)23-22(29)24-18-7-8-19-17(9-18)10-21(28)26(16(4)13-27)11-15(3)20(32-19)12-25(5)33(6,30)31/h7-9,14-16,20,27H,10-13H2,1-6H3,(H2,23,24,29)/t15-,16-,20+/m1/s1. The molecule has 3 N–H and O–H groups in total. The molecule has 3 amide bonds. The SMILES string of the molecule is CC(C)NC(=O)Nc1ccc2c(c1)CC(=O)N([C@H](C)CO)C[C@@H](C)[C@H](CN(C)S(C)(=O)=O)O2. The lowest BCUT2D eigenvalue weighted by atomic mass is 10.0. The Bertz CT molecular complexity index is 952. The van der Waals surface area contributed by atoms with Crippen molar-refractivity contribution >= 4 is 27.6 Å². The fourth-order valence-corrected chi connectivity index (χ4v) is 3.96. The molecule has 3 atom stereocenters. The number of hydrogen-bond donors (Lipinski definition) is 3. The van der Waals surface area contributed by atoms with Crippen molar-refractivity contribution in [2.45, 2.75) is 52.3 Å². The van der Waals surface area contributed by atoms with E-state index < -0.39 is 22.2 Å². The number of urea groups is 1. The van der Waals surface area contributed by atoms with Gasteiger partial charge in [-0.25, -0.2) is 17.5 Å². The largest absolute Gasteiger partial charge is 0.488 e. The lowest BCUT2D eigenvalue weighted by Crippen LogP contribution is -2.48. The summed E-state index contributed by atoms with van der Waals surface area (Å²) in [6.45, 7) is 7.56. The van der Waals surface area contributed by atoms with Crippen molar-refractivity contribution in [1.29, 1.82) is 0 Å². The molecule has 0 saturated heterocycles. The van der Waals surface area contributed by atoms with Crippen LogP contribution in [0.3, 0.4) is 0 Å². The van der Waals surface area contributed by atoms with Crippen molar-refractivity contribution in [2.24, 2.45) is 5.92 Å². The van der Waals surface area contributed by atoms with Gasteiger partial charge in [-0.2, -0.15) is 0 Å². The second kappa shape index (κ2) is 11.2. The zero-order valence-electron chi connectivity index (χ0n) is 20.2. The number of sulfonamides is 1. The highest BCUT2D eigenvalue weighted by atomic mass is 32.2. The second-order valence-electron chi connectivity index (χ2n) is 9.01. The number of hydrogen-bond acceptors (Lipinski definition) is 6. The van der Waals surface area contributed by atoms with Gasteiger partial charge in [0.05, 0.1) is 31.9 Å². The third kappa shape index (κ3) is 7.58. The van der Waals surface area contributed by atoms with E-state index in [9.17, 15) is 23.1 Å². The normalized spacial score (nSPS) is 20.4. The van der Waals surface area contributed by atoms with Gasteiger partial charge in [-0.3, -0.25) is 4.79 Å². The fraction of sp³-hybridized carbons (Fsp3) is 0.636. The Morgan fingerprint density at radius 3 is 2.58 bits per heavy atom. The number of carbonyl (C=O) groups excluding carboxylic acids is 2. The molecule has 2 rings (SSSR count). The fourth-order valence-electron chi connectivity index (χ4n) is 3.54. The number of carbonyl (C=O) groups is 2. The molecule has 33 heavy (non-hydrogen) atoms. The van der Waals surface area contributed by atoms with Gasteiger partial charge < -0.3 is 25.4 Å². The summed E-state index contributed by atoms with van der Waals surface area (Å²) in [6, 6.07) is 4.23. The van der Waals surface area contributed by atoms with Gasteiger partial charge in [-0.15, -0.1) is 0 Å². The van der Waals surface area contributed by atoms with Crippen LogP contribution in [-0.2, 0) is 21.2 Å². The van der Waals surface area contributed by atoms with Crippen LogP contribution in [0.5, 0.6) is 5.75 Å². The minimum absolute atomic E-state index is 0.0162. The van der Waals surface area contributed by atoms with Crippen molar-refractivity contribution in [3.63, 3.8) is 0 Å². The Hall–Kier alpha value is -2.37. The average Bonchev–Trinajstić information content (AvgIpc) is 2.74. The summed E-state index contributed by atoms with van der Waals surface area (Å²) in [5.74, 6) is 0.0530. The number of fused-ring (bicyclic) bond motifs is 1. The van der Waals surface area contributed by atoms with Crippen LogP contribution >= 0.6 is 0 Å². The van der Waals surface area contributed by atoms with Gasteiger partial charge >= 0.3 is 6.03 Å². The Labute approximate surface area is 196 Å². The minimum Gasteiger partial charge on any atom is -0.488 e. The van der Waals surface area contributed by atoms with E-state index in [1.54, 1.807) is 30.0 Å². The summed E-state index contributed by atoms with van der Waals surface area (Å²) >= 11 is 0. The average molecular weight is 485 g/mol. The Morgan fingerprint density at radius 2 is 2.00 bits per heavy atom. The third-order valence-corrected chi connectivity index (χ3v) is 6.88. The van der Waals surface area contributed by atoms with Crippen LogP contribution in [0.1, 0.15) is 33.3 Å². The lowest BCUT2D eigenvalue weighted by Gasteiger charge is -2.33. The highest BCUT2D eigenvalue weighted by molar-refractivity contribution is 7.88. The number of nitrogens with one attached hydrogen (secondary N) is 2. The van der Waals surface area contributed by atoms with Crippen LogP contribution in [-0.4, -0.2) is 85.9 Å². The summed E-state index contributed by atoms with van der Waals surface area (Å²) in [7, 11) is -1.95. The topological polar surface area (TPSA) is 128 Å². The molecule has 11 heteroatoms. The Kier molecular flexibility index (Phi) is 9.10. The molecule has 0 unspecified atom stereocenters. The van der Waals surface area contributed by atoms with E-state index in [1.165, 1.54) is 11.4 Å². The third-order valence-electron chi connectivity index (χ3n) is 5.60. The molecule has 0 fully saturated rings. The van der Waals surface area contributed by atoms with Gasteiger partial charge in [-0.1, -0.05) is 6.92 Å². The molecule has 0 aromatic heterocycles. The molecule has 10 nitrogen and oxygen atoms in total. The van der Waals surface area contributed by atoms with E-state index in [0.717, 1.165) is 6.26 Å². The molecule has 1 aliphatic rings. The predicted molar refractivity (Wildman–Crippen MR) is 127 cm³/mol. The summed E-state index contributed by atoms with van der Waals surface area (Å²) in [4.78, 5) is 26.9. The van der Waals surface area contributed by atoms with Crippen LogP contribution in [0.15, 0.2) is 18.2 Å². The first-order valence-corrected chi connectivity index (χ1v) is 12.8. The summed E-state index contributed by atoms with van der Waals surface area (Å²) < 4.78 is 31.5. The smallest absolute Gasteiger partial charge is 0.319 e. The van der Waals surface area contributed by atoms with Crippen LogP contribution in [0.25, 0.3) is 0 Å². The van der Waals surface area contributed by atoms with Crippen molar-refractivity contribution < 1.29 is 27.9 Å². The number of aliphatic hydroxyl groups excluding tert-OH is 1. The zero-order valence-corrected chi connectivity index (χ0v) is 21.0. The van der Waals surface area contributed by atoms with Crippen LogP contribution in [0.2, 0.25) is 0 Å².